The first-order valence-corrected chi connectivity index (χ1v) is 6.21. The third-order valence-corrected chi connectivity index (χ3v) is 3.62. The number of nitro benzene ring substituents is 1. The number of nitro groups is 1. The van der Waals surface area contributed by atoms with Crippen molar-refractivity contribution in [2.75, 3.05) is 6.54 Å². The molecule has 0 saturated heterocycles. The van der Waals surface area contributed by atoms with E-state index in [2.05, 4.69) is 5.32 Å². The van der Waals surface area contributed by atoms with Gasteiger partial charge in [-0.1, -0.05) is 18.2 Å². The highest BCUT2D eigenvalue weighted by molar-refractivity contribution is 5.41. The highest BCUT2D eigenvalue weighted by Crippen LogP contribution is 2.32. The fourth-order valence-electron chi connectivity index (χ4n) is 2.23. The number of nitrogens with one attached hydrogen (secondary N) is 1. The van der Waals surface area contributed by atoms with Crippen molar-refractivity contribution in [3.05, 3.63) is 39.9 Å². The minimum atomic E-state index is -0.613. The first-order chi connectivity index (χ1) is 8.52. The van der Waals surface area contributed by atoms with Gasteiger partial charge in [0.2, 0.25) is 0 Å². The van der Waals surface area contributed by atoms with Gasteiger partial charge in [-0.15, -0.1) is 0 Å². The van der Waals surface area contributed by atoms with Gasteiger partial charge >= 0.3 is 0 Å². The molecule has 1 aliphatic rings. The highest BCUT2D eigenvalue weighted by atomic mass is 16.6. The Kier molecular flexibility index (Phi) is 3.63. The van der Waals surface area contributed by atoms with Crippen LogP contribution in [0.2, 0.25) is 0 Å². The maximum Gasteiger partial charge on any atom is 0.274 e. The number of hydrogen-bond donors (Lipinski definition) is 2. The quantitative estimate of drug-likeness (QED) is 0.620. The van der Waals surface area contributed by atoms with E-state index in [0.29, 0.717) is 12.1 Å². The second-order valence-corrected chi connectivity index (χ2v) is 5.00. The predicted octanol–water partition coefficient (Wildman–Crippen LogP) is 2.16. The van der Waals surface area contributed by atoms with Crippen molar-refractivity contribution in [1.29, 1.82) is 0 Å². The molecule has 0 spiro atoms. The summed E-state index contributed by atoms with van der Waals surface area (Å²) in [6.07, 6.45) is 2.67. The third-order valence-electron chi connectivity index (χ3n) is 3.62. The first kappa shape index (κ1) is 13.0. The molecule has 18 heavy (non-hydrogen) atoms. The van der Waals surface area contributed by atoms with Crippen LogP contribution >= 0.6 is 0 Å². The van der Waals surface area contributed by atoms with Crippen molar-refractivity contribution in [3.63, 3.8) is 0 Å². The minimum Gasteiger partial charge on any atom is -0.389 e. The number of para-hydroxylation sites is 1. The highest BCUT2D eigenvalue weighted by Gasteiger charge is 2.34. The van der Waals surface area contributed by atoms with Gasteiger partial charge in [0.05, 0.1) is 10.5 Å². The van der Waals surface area contributed by atoms with E-state index in [1.807, 2.05) is 6.92 Å². The molecule has 0 aromatic heterocycles. The summed E-state index contributed by atoms with van der Waals surface area (Å²) in [5.41, 5.74) is 0.168. The van der Waals surface area contributed by atoms with Crippen LogP contribution in [-0.4, -0.2) is 22.2 Å². The second kappa shape index (κ2) is 5.04. The van der Waals surface area contributed by atoms with Crippen molar-refractivity contribution in [2.24, 2.45) is 0 Å². The van der Waals surface area contributed by atoms with Gasteiger partial charge in [0.15, 0.2) is 0 Å². The Morgan fingerprint density at radius 3 is 2.72 bits per heavy atom. The third kappa shape index (κ3) is 2.68. The van der Waals surface area contributed by atoms with Crippen LogP contribution in [0.25, 0.3) is 0 Å². The van der Waals surface area contributed by atoms with Crippen LogP contribution in [0.1, 0.15) is 37.8 Å². The molecule has 0 heterocycles. The van der Waals surface area contributed by atoms with E-state index in [1.165, 1.54) is 6.07 Å². The van der Waals surface area contributed by atoms with E-state index >= 15 is 0 Å². The Hall–Kier alpha value is -1.46. The topological polar surface area (TPSA) is 75.4 Å². The summed E-state index contributed by atoms with van der Waals surface area (Å²) in [7, 11) is 0. The minimum absolute atomic E-state index is 0.123. The van der Waals surface area contributed by atoms with Crippen LogP contribution in [0.4, 0.5) is 5.69 Å². The molecule has 5 nitrogen and oxygen atoms in total. The Morgan fingerprint density at radius 2 is 2.17 bits per heavy atom. The molecular formula is C13H18N2O3. The monoisotopic (exact) mass is 250 g/mol. The SMILES string of the molecule is CC(NCC1(O)CCC1)c1ccccc1[N+](=O)[O-]. The number of nitrogens with zero attached hydrogens (tertiary/aromatic N) is 1. The average molecular weight is 250 g/mol. The largest absolute Gasteiger partial charge is 0.389 e. The molecule has 2 rings (SSSR count). The zero-order chi connectivity index (χ0) is 13.2. The summed E-state index contributed by atoms with van der Waals surface area (Å²) in [6.45, 7) is 2.37. The summed E-state index contributed by atoms with van der Waals surface area (Å²) in [4.78, 5) is 10.6. The van der Waals surface area contributed by atoms with Crippen molar-refractivity contribution < 1.29 is 10.0 Å². The van der Waals surface area contributed by atoms with Gasteiger partial charge in [-0.05, 0) is 26.2 Å². The van der Waals surface area contributed by atoms with Crippen LogP contribution in [0.3, 0.4) is 0 Å². The molecule has 1 aromatic rings. The van der Waals surface area contributed by atoms with E-state index in [-0.39, 0.29) is 16.7 Å². The summed E-state index contributed by atoms with van der Waals surface area (Å²) < 4.78 is 0. The Balaban J connectivity index is 2.04. The summed E-state index contributed by atoms with van der Waals surface area (Å²) in [5.74, 6) is 0. The van der Waals surface area contributed by atoms with E-state index in [0.717, 1.165) is 19.3 Å². The molecule has 0 aliphatic heterocycles. The smallest absolute Gasteiger partial charge is 0.274 e. The molecule has 1 fully saturated rings. The molecule has 1 aromatic carbocycles. The molecule has 2 N–H and O–H groups in total. The van der Waals surface area contributed by atoms with Gasteiger partial charge in [0.25, 0.3) is 5.69 Å². The molecule has 1 aliphatic carbocycles. The summed E-state index contributed by atoms with van der Waals surface area (Å²) >= 11 is 0. The maximum atomic E-state index is 10.9. The normalized spacial score (nSPS) is 19.0. The second-order valence-electron chi connectivity index (χ2n) is 5.00. The fraction of sp³-hybridized carbons (Fsp3) is 0.538. The summed E-state index contributed by atoms with van der Waals surface area (Å²) in [6, 6.07) is 6.56. The van der Waals surface area contributed by atoms with E-state index < -0.39 is 5.60 Å². The average Bonchev–Trinajstić information content (AvgIpc) is 2.33. The zero-order valence-corrected chi connectivity index (χ0v) is 10.4. The van der Waals surface area contributed by atoms with Crippen LogP contribution in [0.15, 0.2) is 24.3 Å². The lowest BCUT2D eigenvalue weighted by atomic mass is 9.80. The first-order valence-electron chi connectivity index (χ1n) is 6.21. The Bertz CT molecular complexity index is 444. The van der Waals surface area contributed by atoms with Gasteiger partial charge in [-0.3, -0.25) is 10.1 Å². The Labute approximate surface area is 106 Å². The zero-order valence-electron chi connectivity index (χ0n) is 10.4. The van der Waals surface area contributed by atoms with Crippen LogP contribution in [0, 0.1) is 10.1 Å². The standard InChI is InChI=1S/C13H18N2O3/c1-10(14-9-13(16)7-4-8-13)11-5-2-3-6-12(11)15(17)18/h2-3,5-6,10,14,16H,4,7-9H2,1H3. The van der Waals surface area contributed by atoms with Gasteiger partial charge < -0.3 is 10.4 Å². The van der Waals surface area contributed by atoms with E-state index in [9.17, 15) is 15.2 Å². The Morgan fingerprint density at radius 1 is 1.50 bits per heavy atom. The molecule has 5 heteroatoms. The molecule has 1 saturated carbocycles. The summed E-state index contributed by atoms with van der Waals surface area (Å²) in [5, 5.41) is 24.1. The molecule has 0 bridgehead atoms. The molecule has 0 amide bonds. The van der Waals surface area contributed by atoms with Crippen molar-refractivity contribution >= 4 is 5.69 Å². The molecule has 1 unspecified atom stereocenters. The van der Waals surface area contributed by atoms with Crippen molar-refractivity contribution in [1.82, 2.24) is 5.32 Å². The molecule has 98 valence electrons. The fourth-order valence-corrected chi connectivity index (χ4v) is 2.23. The predicted molar refractivity (Wildman–Crippen MR) is 68.3 cm³/mol. The van der Waals surface area contributed by atoms with Crippen LogP contribution in [0.5, 0.6) is 0 Å². The molecule has 0 radical (unpaired) electrons. The van der Waals surface area contributed by atoms with E-state index in [1.54, 1.807) is 18.2 Å². The lowest BCUT2D eigenvalue weighted by Crippen LogP contribution is -2.46. The van der Waals surface area contributed by atoms with Gasteiger partial charge in [0, 0.05) is 24.2 Å². The number of benzene rings is 1. The lowest BCUT2D eigenvalue weighted by Gasteiger charge is -2.37. The van der Waals surface area contributed by atoms with Crippen molar-refractivity contribution in [2.45, 2.75) is 37.8 Å². The van der Waals surface area contributed by atoms with Gasteiger partial charge in [0.1, 0.15) is 0 Å². The number of hydrogen-bond acceptors (Lipinski definition) is 4. The number of rotatable bonds is 5. The maximum absolute atomic E-state index is 10.9. The molecular weight excluding hydrogens is 232 g/mol. The lowest BCUT2D eigenvalue weighted by molar-refractivity contribution is -0.385. The van der Waals surface area contributed by atoms with Crippen molar-refractivity contribution in [3.8, 4) is 0 Å². The molecule has 1 atom stereocenters. The van der Waals surface area contributed by atoms with E-state index in [4.69, 9.17) is 0 Å². The van der Waals surface area contributed by atoms with Gasteiger partial charge in [-0.2, -0.15) is 0 Å². The van der Waals surface area contributed by atoms with Crippen LogP contribution in [-0.2, 0) is 0 Å². The van der Waals surface area contributed by atoms with Gasteiger partial charge in [-0.25, -0.2) is 0 Å². The number of aliphatic hydroxyl groups is 1. The van der Waals surface area contributed by atoms with Crippen LogP contribution < -0.4 is 5.32 Å².